The molecule has 15 heteroatoms. The molecule has 0 fully saturated rings. The highest BCUT2D eigenvalue weighted by molar-refractivity contribution is 7.80. The Morgan fingerprint density at radius 1 is 0.622 bits per heavy atom. The summed E-state index contributed by atoms with van der Waals surface area (Å²) in [5.41, 5.74) is 13.2. The first kappa shape index (κ1) is 54.6. The molecule has 2 aliphatic heterocycles. The number of rotatable bonds is 15. The van der Waals surface area contributed by atoms with Crippen molar-refractivity contribution in [1.29, 1.82) is 0 Å². The van der Waals surface area contributed by atoms with Crippen molar-refractivity contribution in [3.05, 3.63) is 141 Å². The molecule has 0 bridgehead atoms. The number of nitrogens with one attached hydrogen (secondary N) is 2. The highest BCUT2D eigenvalue weighted by Crippen LogP contribution is 2.45. The topological polar surface area (TPSA) is 179 Å². The van der Waals surface area contributed by atoms with Gasteiger partial charge in [0, 0.05) is 119 Å². The summed E-state index contributed by atoms with van der Waals surface area (Å²) in [5, 5.41) is 10.4. The van der Waals surface area contributed by atoms with Crippen LogP contribution in [-0.4, -0.2) is 102 Å². The molecule has 0 spiro atoms. The largest absolute Gasteiger partial charge is 0.726 e. The molecule has 0 atom stereocenters. The van der Waals surface area contributed by atoms with E-state index in [1.165, 1.54) is 4.90 Å². The number of anilines is 2. The van der Waals surface area contributed by atoms with E-state index in [9.17, 15) is 13.0 Å². The third kappa shape index (κ3) is 11.9. The van der Waals surface area contributed by atoms with E-state index in [2.05, 4.69) is 102 Å². The van der Waals surface area contributed by atoms with Crippen molar-refractivity contribution in [2.24, 2.45) is 9.98 Å². The lowest BCUT2D eigenvalue weighted by atomic mass is 9.88. The van der Waals surface area contributed by atoms with Crippen LogP contribution in [-0.2, 0) is 14.6 Å². The molecule has 8 rings (SSSR count). The molecule has 2 aliphatic carbocycles. The van der Waals surface area contributed by atoms with Gasteiger partial charge in [-0.3, -0.25) is 28.7 Å². The van der Waals surface area contributed by atoms with Crippen LogP contribution in [0.2, 0.25) is 0 Å². The van der Waals surface area contributed by atoms with Crippen LogP contribution in [0.4, 0.5) is 11.4 Å². The molecule has 388 valence electrons. The van der Waals surface area contributed by atoms with Gasteiger partial charge in [-0.05, 0) is 125 Å². The van der Waals surface area contributed by atoms with Gasteiger partial charge in [0.15, 0.2) is 0 Å². The zero-order chi connectivity index (χ0) is 53.6. The normalized spacial score (nSPS) is 12.4. The summed E-state index contributed by atoms with van der Waals surface area (Å²) in [5.74, 6) is 0.585. The summed E-state index contributed by atoms with van der Waals surface area (Å²) in [6, 6.07) is 32.0. The lowest BCUT2D eigenvalue weighted by Crippen LogP contribution is -2.41. The molecule has 0 aromatic heterocycles. The van der Waals surface area contributed by atoms with Crippen LogP contribution >= 0.6 is 0 Å². The molecule has 14 nitrogen and oxygen atoms in total. The Bertz CT molecular complexity index is 3380. The monoisotopic (exact) mass is 1020 g/mol. The third-order valence-corrected chi connectivity index (χ3v) is 13.3. The number of aryl methyl sites for hydroxylation is 4. The first-order valence-corrected chi connectivity index (χ1v) is 26.4. The lowest BCUT2D eigenvalue weighted by molar-refractivity contribution is -0.870. The molecule has 4 aliphatic rings. The number of imide groups is 1. The highest BCUT2D eigenvalue weighted by Gasteiger charge is 2.32. The fourth-order valence-electron chi connectivity index (χ4n) is 9.47. The van der Waals surface area contributed by atoms with Crippen molar-refractivity contribution in [1.82, 2.24) is 4.90 Å². The van der Waals surface area contributed by atoms with Crippen molar-refractivity contribution in [3.8, 4) is 44.9 Å². The molecule has 2 heterocycles. The molecule has 4 aromatic carbocycles. The van der Waals surface area contributed by atoms with E-state index in [1.54, 1.807) is 0 Å². The second-order valence-corrected chi connectivity index (χ2v) is 20.5. The van der Waals surface area contributed by atoms with E-state index in [-0.39, 0.29) is 18.4 Å². The first-order chi connectivity index (χ1) is 35.2. The zero-order valence-corrected chi connectivity index (χ0v) is 45.5. The van der Waals surface area contributed by atoms with Gasteiger partial charge in [-0.1, -0.05) is 36.4 Å². The lowest BCUT2D eigenvalue weighted by Gasteiger charge is -2.28. The predicted molar refractivity (Wildman–Crippen MR) is 296 cm³/mol. The summed E-state index contributed by atoms with van der Waals surface area (Å²) < 4.78 is 45.1. The standard InChI is InChI=1S/C58H65N6O4.CH4O4S/c1-12-59-47-31-51-43(27-35(47)5)55(44-28-36(6)48(60-13-2)32-52(44)67-51)39-21-16-18-23-41(39)57(65)63(25-20-26-64(9,10)11)58(66)42-24-19-17-22-40(42)56-45-29-37(7)49(61-14-3)33-53(45)68-54-34-50(62-15-4)38(8)30-46(54)56;1-5-6(2,3)4/h16-19,21-24,27-34,59,61H,12-15,20,25-26H2,1-11H3;1H3,(H,2,3,4)/q+1;/p-1. The van der Waals surface area contributed by atoms with Crippen LogP contribution < -0.4 is 21.3 Å². The Morgan fingerprint density at radius 2 is 1.03 bits per heavy atom. The van der Waals surface area contributed by atoms with Gasteiger partial charge in [0.05, 0.1) is 45.5 Å². The highest BCUT2D eigenvalue weighted by atomic mass is 32.3. The number of benzene rings is 6. The summed E-state index contributed by atoms with van der Waals surface area (Å²) in [4.78, 5) is 42.6. The van der Waals surface area contributed by atoms with E-state index < -0.39 is 10.4 Å². The Kier molecular flexibility index (Phi) is 16.9. The molecule has 0 unspecified atom stereocenters. The molecular weight excluding hydrogens is 953 g/mol. The first-order valence-electron chi connectivity index (χ1n) is 25.1. The number of carbonyl (C=O) groups excluding carboxylic acids is 2. The predicted octanol–water partition coefficient (Wildman–Crippen LogP) is 11.1. The van der Waals surface area contributed by atoms with E-state index in [1.807, 2.05) is 86.6 Å². The Labute approximate surface area is 434 Å². The molecule has 2 amide bonds. The van der Waals surface area contributed by atoms with E-state index in [0.29, 0.717) is 68.9 Å². The average Bonchev–Trinajstić information content (AvgIpc) is 3.35. The number of nitrogens with zero attached hydrogens (tertiary/aromatic N) is 4. The van der Waals surface area contributed by atoms with Gasteiger partial charge < -0.3 is 28.5 Å². The number of fused-ring (bicyclic) bond motifs is 4. The summed E-state index contributed by atoms with van der Waals surface area (Å²) in [6.07, 6.45) is 0.599. The van der Waals surface area contributed by atoms with Gasteiger partial charge in [0.2, 0.25) is 10.4 Å². The van der Waals surface area contributed by atoms with Crippen molar-refractivity contribution in [2.75, 3.05) is 78.2 Å². The van der Waals surface area contributed by atoms with Gasteiger partial charge in [-0.15, -0.1) is 0 Å². The van der Waals surface area contributed by atoms with Crippen molar-refractivity contribution in [2.45, 2.75) is 61.8 Å². The van der Waals surface area contributed by atoms with Crippen molar-refractivity contribution >= 4 is 55.5 Å². The maximum absolute atomic E-state index is 15.8. The van der Waals surface area contributed by atoms with E-state index in [0.717, 1.165) is 104 Å². The number of hydrogen-bond acceptors (Lipinski definition) is 12. The molecule has 74 heavy (non-hydrogen) atoms. The Hall–Kier alpha value is -7.17. The second-order valence-electron chi connectivity index (χ2n) is 19.4. The van der Waals surface area contributed by atoms with Crippen LogP contribution in [0.25, 0.3) is 66.8 Å². The summed E-state index contributed by atoms with van der Waals surface area (Å²) in [7, 11) is 2.77. The molecular formula is C59H68N6O8S. The molecule has 0 saturated heterocycles. The van der Waals surface area contributed by atoms with Gasteiger partial charge in [-0.2, -0.15) is 0 Å². The maximum atomic E-state index is 15.8. The second kappa shape index (κ2) is 22.9. The molecule has 0 radical (unpaired) electrons. The van der Waals surface area contributed by atoms with Gasteiger partial charge in [0.1, 0.15) is 22.7 Å². The van der Waals surface area contributed by atoms with E-state index >= 15 is 9.59 Å². The number of hydrogen-bond donors (Lipinski definition) is 2. The number of quaternary nitrogens is 1. The van der Waals surface area contributed by atoms with Gasteiger partial charge >= 0.3 is 0 Å². The van der Waals surface area contributed by atoms with Crippen LogP contribution in [0.1, 0.15) is 77.1 Å². The van der Waals surface area contributed by atoms with E-state index in [4.69, 9.17) is 18.8 Å². The van der Waals surface area contributed by atoms with Crippen LogP contribution in [0.3, 0.4) is 0 Å². The number of amides is 2. The smallest absolute Gasteiger partial charge is 0.261 e. The Morgan fingerprint density at radius 3 is 1.39 bits per heavy atom. The fourth-order valence-corrected chi connectivity index (χ4v) is 9.47. The summed E-state index contributed by atoms with van der Waals surface area (Å²) >= 11 is 0. The van der Waals surface area contributed by atoms with Crippen LogP contribution in [0, 0.1) is 27.7 Å². The zero-order valence-electron chi connectivity index (χ0n) is 44.7. The quantitative estimate of drug-likeness (QED) is 0.0330. The van der Waals surface area contributed by atoms with Crippen molar-refractivity contribution < 1.29 is 40.1 Å². The molecule has 2 N–H and O–H groups in total. The third-order valence-electron chi connectivity index (χ3n) is 12.9. The SMILES string of the molecule is CCN=c1cc2oc3cc(NCC)c(C)cc3c(-c3ccccc3C(=O)N(CCC[N+](C)(C)C)C(=O)c3ccccc3-c3c4cc(C)c(=NCC)cc-4oc4cc(NCC)c(C)cc34)c-2cc1C.COS(=O)(=O)[O-]. The Balaban J connectivity index is 0.00000126. The minimum atomic E-state index is -4.41. The fraction of sp³-hybridized carbons (Fsp3) is 0.322. The molecule has 4 aromatic rings. The van der Waals surface area contributed by atoms with Crippen molar-refractivity contribution in [3.63, 3.8) is 0 Å². The number of carbonyl (C=O) groups is 2. The maximum Gasteiger partial charge on any atom is 0.261 e. The van der Waals surface area contributed by atoms with Crippen LogP contribution in [0.5, 0.6) is 0 Å². The summed E-state index contributed by atoms with van der Waals surface area (Å²) in [6.45, 7) is 20.2. The van der Waals surface area contributed by atoms with Gasteiger partial charge in [0.25, 0.3) is 11.8 Å². The minimum Gasteiger partial charge on any atom is -0.726 e. The minimum absolute atomic E-state index is 0.214. The average molecular weight is 1020 g/mol. The molecule has 0 saturated carbocycles. The van der Waals surface area contributed by atoms with Crippen LogP contribution in [0.15, 0.2) is 116 Å². The van der Waals surface area contributed by atoms with Gasteiger partial charge in [-0.25, -0.2) is 8.42 Å².